The van der Waals surface area contributed by atoms with Crippen LogP contribution in [0.15, 0.2) is 0 Å². The quantitative estimate of drug-likeness (QED) is 0.494. The van der Waals surface area contributed by atoms with Crippen molar-refractivity contribution in [1.29, 1.82) is 0 Å². The van der Waals surface area contributed by atoms with Gasteiger partial charge in [0.25, 0.3) is 0 Å². The third-order valence-electron chi connectivity index (χ3n) is 1.87. The molecule has 0 aromatic carbocycles. The van der Waals surface area contributed by atoms with Crippen molar-refractivity contribution in [2.45, 2.75) is 31.8 Å². The fraction of sp³-hybridized carbons (Fsp3) is 0.778. The maximum absolute atomic E-state index is 11.4. The number of amides is 2. The van der Waals surface area contributed by atoms with E-state index in [1.165, 1.54) is 0 Å². The number of rotatable bonds is 7. The standard InChI is InChI=1S/C9H19N3O3/c1-6(5-8(11)13)12-9(14)7(10)3-4-15-2/h6-7H,3-5,10H2,1-2H3,(H2,11,13)(H,12,14). The second-order valence-corrected chi connectivity index (χ2v) is 3.47. The van der Waals surface area contributed by atoms with Gasteiger partial charge < -0.3 is 21.5 Å². The SMILES string of the molecule is COCCC(N)C(=O)NC(C)CC(N)=O. The van der Waals surface area contributed by atoms with E-state index in [9.17, 15) is 9.59 Å². The molecule has 6 heteroatoms. The molecule has 88 valence electrons. The molecule has 0 rings (SSSR count). The largest absolute Gasteiger partial charge is 0.385 e. The molecule has 0 heterocycles. The van der Waals surface area contributed by atoms with E-state index in [-0.39, 0.29) is 18.4 Å². The van der Waals surface area contributed by atoms with Gasteiger partial charge in [-0.05, 0) is 13.3 Å². The van der Waals surface area contributed by atoms with Gasteiger partial charge in [-0.1, -0.05) is 0 Å². The molecule has 0 fully saturated rings. The Morgan fingerprint density at radius 3 is 2.53 bits per heavy atom. The molecule has 0 radical (unpaired) electrons. The van der Waals surface area contributed by atoms with Crippen LogP contribution in [0.1, 0.15) is 19.8 Å². The van der Waals surface area contributed by atoms with Crippen LogP contribution in [0.5, 0.6) is 0 Å². The van der Waals surface area contributed by atoms with Crippen molar-refractivity contribution in [2.24, 2.45) is 11.5 Å². The number of carbonyl (C=O) groups is 2. The van der Waals surface area contributed by atoms with E-state index >= 15 is 0 Å². The van der Waals surface area contributed by atoms with Gasteiger partial charge in [0.1, 0.15) is 0 Å². The number of nitrogens with one attached hydrogen (secondary N) is 1. The fourth-order valence-corrected chi connectivity index (χ4v) is 1.08. The summed E-state index contributed by atoms with van der Waals surface area (Å²) in [6.07, 6.45) is 0.564. The van der Waals surface area contributed by atoms with Crippen molar-refractivity contribution in [3.8, 4) is 0 Å². The highest BCUT2D eigenvalue weighted by Gasteiger charge is 2.16. The van der Waals surface area contributed by atoms with Gasteiger partial charge in [0, 0.05) is 26.2 Å². The first-order valence-electron chi connectivity index (χ1n) is 4.80. The molecule has 0 aromatic rings. The summed E-state index contributed by atoms with van der Waals surface area (Å²) in [7, 11) is 1.54. The summed E-state index contributed by atoms with van der Waals surface area (Å²) >= 11 is 0. The Balaban J connectivity index is 3.85. The zero-order valence-corrected chi connectivity index (χ0v) is 9.16. The Labute approximate surface area is 89.3 Å². The number of hydrogen-bond donors (Lipinski definition) is 3. The highest BCUT2D eigenvalue weighted by molar-refractivity contribution is 5.82. The first-order valence-corrected chi connectivity index (χ1v) is 4.80. The van der Waals surface area contributed by atoms with Crippen molar-refractivity contribution in [2.75, 3.05) is 13.7 Å². The van der Waals surface area contributed by atoms with E-state index < -0.39 is 11.9 Å². The normalized spacial score (nSPS) is 14.3. The van der Waals surface area contributed by atoms with Gasteiger partial charge in [-0.25, -0.2) is 0 Å². The molecule has 0 spiro atoms. The summed E-state index contributed by atoms with van der Waals surface area (Å²) in [6.45, 7) is 2.13. The Bertz CT molecular complexity index is 221. The van der Waals surface area contributed by atoms with E-state index in [0.717, 1.165) is 0 Å². The predicted molar refractivity (Wildman–Crippen MR) is 55.9 cm³/mol. The summed E-state index contributed by atoms with van der Waals surface area (Å²) in [5.41, 5.74) is 10.6. The van der Waals surface area contributed by atoms with Gasteiger partial charge in [-0.15, -0.1) is 0 Å². The average molecular weight is 217 g/mol. The van der Waals surface area contributed by atoms with Crippen LogP contribution in [0.3, 0.4) is 0 Å². The molecule has 0 bridgehead atoms. The molecule has 15 heavy (non-hydrogen) atoms. The topological polar surface area (TPSA) is 107 Å². The minimum Gasteiger partial charge on any atom is -0.385 e. The Morgan fingerprint density at radius 2 is 2.07 bits per heavy atom. The molecular formula is C9H19N3O3. The van der Waals surface area contributed by atoms with Crippen LogP contribution in [-0.2, 0) is 14.3 Å². The van der Waals surface area contributed by atoms with Crippen molar-refractivity contribution < 1.29 is 14.3 Å². The number of ether oxygens (including phenoxy) is 1. The van der Waals surface area contributed by atoms with Gasteiger partial charge in [0.2, 0.25) is 11.8 Å². The van der Waals surface area contributed by atoms with Crippen LogP contribution in [0.2, 0.25) is 0 Å². The summed E-state index contributed by atoms with van der Waals surface area (Å²) in [5, 5.41) is 2.60. The maximum Gasteiger partial charge on any atom is 0.237 e. The average Bonchev–Trinajstić information content (AvgIpc) is 2.12. The molecule has 0 aliphatic heterocycles. The smallest absolute Gasteiger partial charge is 0.237 e. The number of primary amides is 1. The Kier molecular flexibility index (Phi) is 6.64. The molecule has 0 saturated heterocycles. The highest BCUT2D eigenvalue weighted by Crippen LogP contribution is 1.93. The van der Waals surface area contributed by atoms with E-state index in [1.807, 2.05) is 0 Å². The molecule has 2 atom stereocenters. The lowest BCUT2D eigenvalue weighted by Gasteiger charge is -2.16. The second kappa shape index (κ2) is 7.19. The highest BCUT2D eigenvalue weighted by atomic mass is 16.5. The van der Waals surface area contributed by atoms with Gasteiger partial charge in [-0.2, -0.15) is 0 Å². The molecule has 2 amide bonds. The number of methoxy groups -OCH3 is 1. The molecule has 2 unspecified atom stereocenters. The minimum absolute atomic E-state index is 0.114. The lowest BCUT2D eigenvalue weighted by molar-refractivity contribution is -0.123. The van der Waals surface area contributed by atoms with Gasteiger partial charge in [-0.3, -0.25) is 9.59 Å². The summed E-state index contributed by atoms with van der Waals surface area (Å²) < 4.78 is 4.80. The van der Waals surface area contributed by atoms with Crippen molar-refractivity contribution in [3.05, 3.63) is 0 Å². The van der Waals surface area contributed by atoms with E-state index in [4.69, 9.17) is 16.2 Å². The van der Waals surface area contributed by atoms with Crippen LogP contribution in [-0.4, -0.2) is 37.6 Å². The fourth-order valence-electron chi connectivity index (χ4n) is 1.08. The predicted octanol–water partition coefficient (Wildman–Crippen LogP) is -1.27. The zero-order valence-electron chi connectivity index (χ0n) is 9.16. The van der Waals surface area contributed by atoms with E-state index in [0.29, 0.717) is 13.0 Å². The van der Waals surface area contributed by atoms with Gasteiger partial charge in [0.05, 0.1) is 6.04 Å². The first kappa shape index (κ1) is 13.9. The number of nitrogens with two attached hydrogens (primary N) is 2. The number of carbonyl (C=O) groups excluding carboxylic acids is 2. The second-order valence-electron chi connectivity index (χ2n) is 3.47. The van der Waals surface area contributed by atoms with Crippen LogP contribution < -0.4 is 16.8 Å². The maximum atomic E-state index is 11.4. The minimum atomic E-state index is -0.611. The van der Waals surface area contributed by atoms with Crippen molar-refractivity contribution in [1.82, 2.24) is 5.32 Å². The molecule has 0 aromatic heterocycles. The van der Waals surface area contributed by atoms with Crippen LogP contribution in [0.25, 0.3) is 0 Å². The van der Waals surface area contributed by atoms with Crippen LogP contribution in [0.4, 0.5) is 0 Å². The lowest BCUT2D eigenvalue weighted by atomic mass is 10.1. The van der Waals surface area contributed by atoms with E-state index in [2.05, 4.69) is 5.32 Å². The van der Waals surface area contributed by atoms with Crippen LogP contribution in [0, 0.1) is 0 Å². The molecule has 0 aliphatic carbocycles. The third-order valence-corrected chi connectivity index (χ3v) is 1.87. The summed E-state index contributed by atoms with van der Waals surface area (Å²) in [5.74, 6) is -0.742. The van der Waals surface area contributed by atoms with Crippen LogP contribution >= 0.6 is 0 Å². The molecule has 0 saturated carbocycles. The monoisotopic (exact) mass is 217 g/mol. The Hall–Kier alpha value is -1.14. The first-order chi connectivity index (χ1) is 6.97. The zero-order chi connectivity index (χ0) is 11.8. The van der Waals surface area contributed by atoms with Gasteiger partial charge >= 0.3 is 0 Å². The molecule has 0 aliphatic rings. The van der Waals surface area contributed by atoms with Crippen molar-refractivity contribution in [3.63, 3.8) is 0 Å². The van der Waals surface area contributed by atoms with E-state index in [1.54, 1.807) is 14.0 Å². The molecule has 6 nitrogen and oxygen atoms in total. The van der Waals surface area contributed by atoms with Gasteiger partial charge in [0.15, 0.2) is 0 Å². The third kappa shape index (κ3) is 6.87. The summed E-state index contributed by atoms with van der Waals surface area (Å²) in [6, 6.07) is -0.899. The Morgan fingerprint density at radius 1 is 1.47 bits per heavy atom. The lowest BCUT2D eigenvalue weighted by Crippen LogP contribution is -2.45. The van der Waals surface area contributed by atoms with Crippen molar-refractivity contribution >= 4 is 11.8 Å². The molecular weight excluding hydrogens is 198 g/mol. The summed E-state index contributed by atoms with van der Waals surface area (Å²) in [4.78, 5) is 21.9. The number of hydrogen-bond acceptors (Lipinski definition) is 4. The molecule has 5 N–H and O–H groups in total.